The molecule has 1 aliphatic carbocycles. The van der Waals surface area contributed by atoms with Gasteiger partial charge in [-0.3, -0.25) is 4.79 Å². The van der Waals surface area contributed by atoms with Gasteiger partial charge in [0.1, 0.15) is 12.4 Å². The van der Waals surface area contributed by atoms with Crippen LogP contribution in [-0.2, 0) is 4.79 Å². The SMILES string of the molecule is O=C(COc1ccccc1Br)C1CCCCC1. The van der Waals surface area contributed by atoms with Crippen LogP contribution in [0.4, 0.5) is 0 Å². The molecule has 2 rings (SSSR count). The molecule has 0 unspecified atom stereocenters. The number of benzene rings is 1. The Labute approximate surface area is 110 Å². The summed E-state index contributed by atoms with van der Waals surface area (Å²) in [5.41, 5.74) is 0. The van der Waals surface area contributed by atoms with E-state index < -0.39 is 0 Å². The summed E-state index contributed by atoms with van der Waals surface area (Å²) in [4.78, 5) is 11.9. The van der Waals surface area contributed by atoms with Gasteiger partial charge in [0, 0.05) is 5.92 Å². The second-order valence-electron chi connectivity index (χ2n) is 4.52. The van der Waals surface area contributed by atoms with Crippen molar-refractivity contribution in [2.24, 2.45) is 5.92 Å². The molecule has 1 fully saturated rings. The van der Waals surface area contributed by atoms with Gasteiger partial charge in [0.15, 0.2) is 5.78 Å². The fourth-order valence-electron chi connectivity index (χ4n) is 2.25. The van der Waals surface area contributed by atoms with Gasteiger partial charge in [0.05, 0.1) is 4.47 Å². The molecule has 17 heavy (non-hydrogen) atoms. The monoisotopic (exact) mass is 296 g/mol. The highest BCUT2D eigenvalue weighted by Crippen LogP contribution is 2.26. The number of hydrogen-bond donors (Lipinski definition) is 0. The highest BCUT2D eigenvalue weighted by molar-refractivity contribution is 9.10. The van der Waals surface area contributed by atoms with Crippen LogP contribution in [0.1, 0.15) is 32.1 Å². The molecule has 0 aromatic heterocycles. The minimum atomic E-state index is 0.202. The van der Waals surface area contributed by atoms with E-state index in [2.05, 4.69) is 15.9 Å². The van der Waals surface area contributed by atoms with Crippen molar-refractivity contribution in [2.75, 3.05) is 6.61 Å². The molecule has 1 saturated carbocycles. The van der Waals surface area contributed by atoms with Gasteiger partial charge in [0.25, 0.3) is 0 Å². The number of Topliss-reactive ketones (excluding diaryl/α,β-unsaturated/α-hetero) is 1. The Bertz CT molecular complexity index is 384. The summed E-state index contributed by atoms with van der Waals surface area (Å²) in [6.45, 7) is 0.202. The van der Waals surface area contributed by atoms with Crippen molar-refractivity contribution < 1.29 is 9.53 Å². The van der Waals surface area contributed by atoms with Gasteiger partial charge >= 0.3 is 0 Å². The molecule has 3 heteroatoms. The lowest BCUT2D eigenvalue weighted by Gasteiger charge is -2.20. The number of hydrogen-bond acceptors (Lipinski definition) is 2. The van der Waals surface area contributed by atoms with Crippen LogP contribution in [0.5, 0.6) is 5.75 Å². The summed E-state index contributed by atoms with van der Waals surface area (Å²) in [7, 11) is 0. The molecule has 0 aliphatic heterocycles. The lowest BCUT2D eigenvalue weighted by atomic mass is 9.86. The van der Waals surface area contributed by atoms with Gasteiger partial charge in [0.2, 0.25) is 0 Å². The van der Waals surface area contributed by atoms with Crippen LogP contribution in [0.25, 0.3) is 0 Å². The van der Waals surface area contributed by atoms with Crippen LogP contribution >= 0.6 is 15.9 Å². The fraction of sp³-hybridized carbons (Fsp3) is 0.500. The van der Waals surface area contributed by atoms with Crippen molar-refractivity contribution in [2.45, 2.75) is 32.1 Å². The summed E-state index contributed by atoms with van der Waals surface area (Å²) in [5, 5.41) is 0. The van der Waals surface area contributed by atoms with E-state index in [0.29, 0.717) is 0 Å². The number of ether oxygens (including phenoxy) is 1. The molecule has 0 atom stereocenters. The molecule has 1 aliphatic rings. The third-order valence-corrected chi connectivity index (χ3v) is 3.92. The van der Waals surface area contributed by atoms with E-state index in [1.165, 1.54) is 19.3 Å². The van der Waals surface area contributed by atoms with E-state index in [1.54, 1.807) is 0 Å². The highest BCUT2D eigenvalue weighted by Gasteiger charge is 2.21. The minimum absolute atomic E-state index is 0.202. The molecule has 0 saturated heterocycles. The molecule has 0 amide bonds. The van der Waals surface area contributed by atoms with Crippen LogP contribution in [0.2, 0.25) is 0 Å². The van der Waals surface area contributed by atoms with Crippen molar-refractivity contribution in [3.05, 3.63) is 28.7 Å². The van der Waals surface area contributed by atoms with Gasteiger partial charge in [-0.25, -0.2) is 0 Å². The van der Waals surface area contributed by atoms with E-state index >= 15 is 0 Å². The summed E-state index contributed by atoms with van der Waals surface area (Å²) in [5.74, 6) is 1.23. The van der Waals surface area contributed by atoms with Gasteiger partial charge in [-0.2, -0.15) is 0 Å². The lowest BCUT2D eigenvalue weighted by molar-refractivity contribution is -0.125. The second kappa shape index (κ2) is 6.20. The van der Waals surface area contributed by atoms with E-state index in [4.69, 9.17) is 4.74 Å². The standard InChI is InChI=1S/C14H17BrO2/c15-12-8-4-5-9-14(12)17-10-13(16)11-6-2-1-3-7-11/h4-5,8-9,11H,1-3,6-7,10H2. The van der Waals surface area contributed by atoms with Gasteiger partial charge in [-0.05, 0) is 40.9 Å². The Morgan fingerprint density at radius 1 is 1.24 bits per heavy atom. The Balaban J connectivity index is 1.85. The van der Waals surface area contributed by atoms with Crippen LogP contribution in [-0.4, -0.2) is 12.4 Å². The minimum Gasteiger partial charge on any atom is -0.485 e. The van der Waals surface area contributed by atoms with E-state index in [0.717, 1.165) is 23.1 Å². The summed E-state index contributed by atoms with van der Waals surface area (Å²) in [6, 6.07) is 7.63. The average molecular weight is 297 g/mol. The van der Waals surface area contributed by atoms with Gasteiger partial charge in [-0.15, -0.1) is 0 Å². The fourth-order valence-corrected chi connectivity index (χ4v) is 2.65. The van der Waals surface area contributed by atoms with Crippen molar-refractivity contribution in [3.63, 3.8) is 0 Å². The first-order chi connectivity index (χ1) is 8.27. The molecule has 0 heterocycles. The van der Waals surface area contributed by atoms with Crippen molar-refractivity contribution in [1.29, 1.82) is 0 Å². The highest BCUT2D eigenvalue weighted by atomic mass is 79.9. The summed E-state index contributed by atoms with van der Waals surface area (Å²) >= 11 is 3.41. The molecule has 0 N–H and O–H groups in total. The third-order valence-electron chi connectivity index (χ3n) is 3.27. The molecule has 92 valence electrons. The van der Waals surface area contributed by atoms with E-state index in [1.807, 2.05) is 24.3 Å². The Kier molecular flexibility index (Phi) is 4.60. The Hall–Kier alpha value is -0.830. The number of halogens is 1. The molecule has 0 spiro atoms. The quantitative estimate of drug-likeness (QED) is 0.840. The first-order valence-electron chi connectivity index (χ1n) is 6.17. The zero-order chi connectivity index (χ0) is 12.1. The van der Waals surface area contributed by atoms with Crippen LogP contribution < -0.4 is 4.74 Å². The molecular formula is C14H17BrO2. The van der Waals surface area contributed by atoms with E-state index in [9.17, 15) is 4.79 Å². The lowest BCUT2D eigenvalue weighted by Crippen LogP contribution is -2.23. The first-order valence-corrected chi connectivity index (χ1v) is 6.96. The van der Waals surface area contributed by atoms with Crippen molar-refractivity contribution >= 4 is 21.7 Å². The summed E-state index contributed by atoms with van der Waals surface area (Å²) in [6.07, 6.45) is 5.72. The maximum atomic E-state index is 11.9. The topological polar surface area (TPSA) is 26.3 Å². The third kappa shape index (κ3) is 3.56. The smallest absolute Gasteiger partial charge is 0.173 e. The zero-order valence-corrected chi connectivity index (χ0v) is 11.4. The predicted octanol–water partition coefficient (Wildman–Crippen LogP) is 3.98. The molecule has 0 radical (unpaired) electrons. The molecule has 0 bridgehead atoms. The number of ketones is 1. The van der Waals surface area contributed by atoms with Crippen LogP contribution in [0.15, 0.2) is 28.7 Å². The van der Waals surface area contributed by atoms with E-state index in [-0.39, 0.29) is 18.3 Å². The molecule has 1 aromatic carbocycles. The number of para-hydroxylation sites is 1. The number of carbonyl (C=O) groups excluding carboxylic acids is 1. The van der Waals surface area contributed by atoms with Crippen molar-refractivity contribution in [3.8, 4) is 5.75 Å². The second-order valence-corrected chi connectivity index (χ2v) is 5.37. The maximum Gasteiger partial charge on any atom is 0.173 e. The zero-order valence-electron chi connectivity index (χ0n) is 9.82. The molecule has 1 aromatic rings. The summed E-state index contributed by atoms with van der Waals surface area (Å²) < 4.78 is 6.45. The van der Waals surface area contributed by atoms with Crippen LogP contribution in [0, 0.1) is 5.92 Å². The Morgan fingerprint density at radius 3 is 2.65 bits per heavy atom. The number of carbonyl (C=O) groups is 1. The van der Waals surface area contributed by atoms with Crippen LogP contribution in [0.3, 0.4) is 0 Å². The molecule has 2 nitrogen and oxygen atoms in total. The first kappa shape index (κ1) is 12.6. The average Bonchev–Trinajstić information content (AvgIpc) is 2.38. The van der Waals surface area contributed by atoms with Crippen molar-refractivity contribution in [1.82, 2.24) is 0 Å². The predicted molar refractivity (Wildman–Crippen MR) is 71.2 cm³/mol. The molecular weight excluding hydrogens is 280 g/mol. The maximum absolute atomic E-state index is 11.9. The number of rotatable bonds is 4. The normalized spacial score (nSPS) is 16.8. The van der Waals surface area contributed by atoms with Gasteiger partial charge in [-0.1, -0.05) is 31.4 Å². The van der Waals surface area contributed by atoms with Gasteiger partial charge < -0.3 is 4.74 Å². The Morgan fingerprint density at radius 2 is 1.94 bits per heavy atom. The largest absolute Gasteiger partial charge is 0.485 e.